The monoisotopic (exact) mass is 383 g/mol. The number of aromatic nitrogens is 2. The number of aryl methyl sites for hydroxylation is 2. The molecule has 3 rings (SSSR count). The van der Waals surface area contributed by atoms with Crippen LogP contribution in [0, 0.1) is 6.92 Å². The van der Waals surface area contributed by atoms with Gasteiger partial charge in [-0.2, -0.15) is 4.98 Å². The van der Waals surface area contributed by atoms with Crippen molar-refractivity contribution in [3.8, 4) is 10.7 Å². The van der Waals surface area contributed by atoms with Crippen molar-refractivity contribution in [2.45, 2.75) is 76.2 Å². The van der Waals surface area contributed by atoms with Gasteiger partial charge in [0.25, 0.3) is 0 Å². The lowest BCUT2D eigenvalue weighted by molar-refractivity contribution is 0.383. The molecule has 6 nitrogen and oxygen atoms in total. The SMILES string of the molecule is CCc1nc(-c2cc(S(=O)(=O)NC3CCCCCCC3)c(C)s2)no1. The Bertz CT molecular complexity index is 803. The molecule has 2 aromatic heterocycles. The van der Waals surface area contributed by atoms with E-state index in [0.717, 1.165) is 35.4 Å². The second kappa shape index (κ2) is 7.97. The van der Waals surface area contributed by atoms with Crippen LogP contribution in [0.2, 0.25) is 0 Å². The molecule has 2 aromatic rings. The maximum Gasteiger partial charge on any atom is 0.241 e. The van der Waals surface area contributed by atoms with E-state index in [0.29, 0.717) is 23.0 Å². The summed E-state index contributed by atoms with van der Waals surface area (Å²) in [5.74, 6) is 1.01. The highest BCUT2D eigenvalue weighted by atomic mass is 32.2. The Kier molecular flexibility index (Phi) is 5.91. The minimum atomic E-state index is -3.53. The first-order valence-corrected chi connectivity index (χ1v) is 11.3. The second-order valence-electron chi connectivity index (χ2n) is 6.56. The molecule has 0 atom stereocenters. The zero-order valence-electron chi connectivity index (χ0n) is 14.7. The van der Waals surface area contributed by atoms with Crippen molar-refractivity contribution < 1.29 is 12.9 Å². The summed E-state index contributed by atoms with van der Waals surface area (Å²) in [5, 5.41) is 3.94. The van der Waals surface area contributed by atoms with Crippen LogP contribution in [0.3, 0.4) is 0 Å². The molecule has 1 fully saturated rings. The molecule has 0 aliphatic heterocycles. The van der Waals surface area contributed by atoms with E-state index in [2.05, 4.69) is 14.9 Å². The van der Waals surface area contributed by atoms with Gasteiger partial charge < -0.3 is 4.52 Å². The smallest absolute Gasteiger partial charge is 0.241 e. The number of hydrogen-bond donors (Lipinski definition) is 1. The van der Waals surface area contributed by atoms with Crippen molar-refractivity contribution in [2.75, 3.05) is 0 Å². The van der Waals surface area contributed by atoms with Crippen molar-refractivity contribution >= 4 is 21.4 Å². The minimum Gasteiger partial charge on any atom is -0.339 e. The fraction of sp³-hybridized carbons (Fsp3) is 0.647. The first-order chi connectivity index (χ1) is 12.0. The summed E-state index contributed by atoms with van der Waals surface area (Å²) in [5.41, 5.74) is 0. The van der Waals surface area contributed by atoms with E-state index in [-0.39, 0.29) is 6.04 Å². The van der Waals surface area contributed by atoms with E-state index in [4.69, 9.17) is 4.52 Å². The number of nitrogens with zero attached hydrogens (tertiary/aromatic N) is 2. The van der Waals surface area contributed by atoms with Gasteiger partial charge in [-0.15, -0.1) is 11.3 Å². The van der Waals surface area contributed by atoms with Crippen LogP contribution >= 0.6 is 11.3 Å². The fourth-order valence-corrected chi connectivity index (χ4v) is 6.02. The highest BCUT2D eigenvalue weighted by Gasteiger charge is 2.25. The Balaban J connectivity index is 1.79. The van der Waals surface area contributed by atoms with Crippen LogP contribution in [0.1, 0.15) is 62.6 Å². The number of rotatable bonds is 5. The van der Waals surface area contributed by atoms with E-state index < -0.39 is 10.0 Å². The lowest BCUT2D eigenvalue weighted by atomic mass is 9.97. The number of sulfonamides is 1. The average molecular weight is 384 g/mol. The third kappa shape index (κ3) is 4.48. The molecular weight excluding hydrogens is 358 g/mol. The van der Waals surface area contributed by atoms with Crippen LogP contribution in [0.15, 0.2) is 15.5 Å². The highest BCUT2D eigenvalue weighted by Crippen LogP contribution is 2.32. The summed E-state index contributed by atoms with van der Waals surface area (Å²) < 4.78 is 33.8. The average Bonchev–Trinajstić information content (AvgIpc) is 3.16. The summed E-state index contributed by atoms with van der Waals surface area (Å²) in [7, 11) is -3.53. The van der Waals surface area contributed by atoms with Crippen LogP contribution < -0.4 is 4.72 Å². The number of thiophene rings is 1. The standard InChI is InChI=1S/C17H25N3O3S2/c1-3-16-18-17(19-23-16)14-11-15(12(2)24-14)25(21,22)20-13-9-7-5-4-6-8-10-13/h11,13,20H,3-10H2,1-2H3. The van der Waals surface area contributed by atoms with Crippen molar-refractivity contribution in [2.24, 2.45) is 0 Å². The molecule has 1 saturated carbocycles. The third-order valence-electron chi connectivity index (χ3n) is 4.58. The Labute approximate surface area is 153 Å². The molecule has 0 spiro atoms. The first-order valence-electron chi connectivity index (χ1n) is 8.95. The lowest BCUT2D eigenvalue weighted by Crippen LogP contribution is -2.35. The Morgan fingerprint density at radius 2 is 1.92 bits per heavy atom. The van der Waals surface area contributed by atoms with Gasteiger partial charge in [-0.3, -0.25) is 0 Å². The van der Waals surface area contributed by atoms with Crippen molar-refractivity contribution in [3.63, 3.8) is 0 Å². The Morgan fingerprint density at radius 3 is 2.56 bits per heavy atom. The molecule has 1 aliphatic rings. The Hall–Kier alpha value is -1.25. The topological polar surface area (TPSA) is 85.1 Å². The summed E-state index contributed by atoms with van der Waals surface area (Å²) in [6, 6.07) is 1.69. The highest BCUT2D eigenvalue weighted by molar-refractivity contribution is 7.89. The Morgan fingerprint density at radius 1 is 1.24 bits per heavy atom. The molecule has 1 aliphatic carbocycles. The minimum absolute atomic E-state index is 0.0323. The lowest BCUT2D eigenvalue weighted by Gasteiger charge is -2.20. The van der Waals surface area contributed by atoms with Gasteiger partial charge in [0.05, 0.1) is 9.77 Å². The largest absolute Gasteiger partial charge is 0.339 e. The third-order valence-corrected chi connectivity index (χ3v) is 7.40. The van der Waals surface area contributed by atoms with Crippen LogP contribution in [0.5, 0.6) is 0 Å². The molecule has 0 saturated heterocycles. The predicted octanol–water partition coefficient (Wildman–Crippen LogP) is 4.06. The van der Waals surface area contributed by atoms with Gasteiger partial charge in [0.15, 0.2) is 0 Å². The van der Waals surface area contributed by atoms with Gasteiger partial charge in [-0.05, 0) is 25.8 Å². The van der Waals surface area contributed by atoms with E-state index in [9.17, 15) is 8.42 Å². The predicted molar refractivity (Wildman–Crippen MR) is 98.2 cm³/mol. The molecule has 1 N–H and O–H groups in total. The van der Waals surface area contributed by atoms with Crippen LogP contribution in [-0.4, -0.2) is 24.6 Å². The molecule has 0 bridgehead atoms. The van der Waals surface area contributed by atoms with Gasteiger partial charge in [0, 0.05) is 17.3 Å². The zero-order chi connectivity index (χ0) is 17.9. The van der Waals surface area contributed by atoms with E-state index in [1.165, 1.54) is 30.6 Å². The normalized spacial score (nSPS) is 17.4. The maximum absolute atomic E-state index is 12.9. The van der Waals surface area contributed by atoms with Crippen molar-refractivity contribution in [1.29, 1.82) is 0 Å². The molecule has 0 unspecified atom stereocenters. The van der Waals surface area contributed by atoms with Crippen LogP contribution in [0.25, 0.3) is 10.7 Å². The molecule has 0 radical (unpaired) electrons. The van der Waals surface area contributed by atoms with E-state index in [1.807, 2.05) is 13.8 Å². The maximum atomic E-state index is 12.9. The number of hydrogen-bond acceptors (Lipinski definition) is 6. The van der Waals surface area contributed by atoms with Gasteiger partial charge >= 0.3 is 0 Å². The van der Waals surface area contributed by atoms with Gasteiger partial charge in [-0.1, -0.05) is 44.2 Å². The quantitative estimate of drug-likeness (QED) is 0.841. The molecule has 138 valence electrons. The van der Waals surface area contributed by atoms with Crippen LogP contribution in [-0.2, 0) is 16.4 Å². The summed E-state index contributed by atoms with van der Waals surface area (Å²) in [6.07, 6.45) is 8.31. The first kappa shape index (κ1) is 18.5. The molecule has 25 heavy (non-hydrogen) atoms. The molecule has 0 aromatic carbocycles. The van der Waals surface area contributed by atoms with Gasteiger partial charge in [-0.25, -0.2) is 13.1 Å². The molecule has 2 heterocycles. The van der Waals surface area contributed by atoms with Crippen LogP contribution in [0.4, 0.5) is 0 Å². The number of nitrogens with one attached hydrogen (secondary N) is 1. The van der Waals surface area contributed by atoms with Gasteiger partial charge in [0.2, 0.25) is 21.7 Å². The zero-order valence-corrected chi connectivity index (χ0v) is 16.4. The van der Waals surface area contributed by atoms with Gasteiger partial charge in [0.1, 0.15) is 0 Å². The van der Waals surface area contributed by atoms with Crippen molar-refractivity contribution in [1.82, 2.24) is 14.9 Å². The molecular formula is C17H25N3O3S2. The summed E-state index contributed by atoms with van der Waals surface area (Å²) in [6.45, 7) is 3.76. The van der Waals surface area contributed by atoms with Crippen molar-refractivity contribution in [3.05, 3.63) is 16.8 Å². The molecule has 8 heteroatoms. The fourth-order valence-electron chi connectivity index (χ4n) is 3.20. The second-order valence-corrected chi connectivity index (χ2v) is 9.50. The van der Waals surface area contributed by atoms with E-state index in [1.54, 1.807) is 6.07 Å². The van der Waals surface area contributed by atoms with E-state index >= 15 is 0 Å². The molecule has 0 amide bonds. The summed E-state index contributed by atoms with van der Waals surface area (Å²) >= 11 is 1.38. The summed E-state index contributed by atoms with van der Waals surface area (Å²) in [4.78, 5) is 6.09.